The molecule has 0 unspecified atom stereocenters. The highest BCUT2D eigenvalue weighted by molar-refractivity contribution is 5.83. The minimum absolute atomic E-state index is 0.0685. The van der Waals surface area contributed by atoms with E-state index in [0.717, 1.165) is 6.07 Å². The molecule has 20 heavy (non-hydrogen) atoms. The number of nitrogens with zero attached hydrogens (tertiary/aromatic N) is 1. The van der Waals surface area contributed by atoms with Gasteiger partial charge in [0.1, 0.15) is 6.04 Å². The highest BCUT2D eigenvalue weighted by Crippen LogP contribution is 2.33. The number of hydrogen-bond acceptors (Lipinski definition) is 4. The molecule has 1 rings (SSSR count). The van der Waals surface area contributed by atoms with Crippen LogP contribution >= 0.6 is 0 Å². The van der Waals surface area contributed by atoms with Crippen LogP contribution < -0.4 is 11.1 Å². The number of rotatable bonds is 4. The predicted molar refractivity (Wildman–Crippen MR) is 64.4 cm³/mol. The van der Waals surface area contributed by atoms with Crippen molar-refractivity contribution in [2.75, 3.05) is 5.32 Å². The molecule has 0 aliphatic rings. The van der Waals surface area contributed by atoms with Gasteiger partial charge in [0.2, 0.25) is 5.91 Å². The van der Waals surface area contributed by atoms with E-state index in [1.807, 2.05) is 0 Å². The second-order valence-corrected chi connectivity index (χ2v) is 4.13. The van der Waals surface area contributed by atoms with Crippen molar-refractivity contribution in [3.05, 3.63) is 29.3 Å². The summed E-state index contributed by atoms with van der Waals surface area (Å²) in [7, 11) is 0. The van der Waals surface area contributed by atoms with Crippen LogP contribution in [0.2, 0.25) is 0 Å². The minimum atomic E-state index is -4.70. The molecule has 0 spiro atoms. The molecule has 1 aromatic rings. The third-order valence-electron chi connectivity index (χ3n) is 2.56. The van der Waals surface area contributed by atoms with Gasteiger partial charge in [0.05, 0.1) is 23.3 Å². The molecular weight excluding hydrogens is 275 g/mol. The van der Waals surface area contributed by atoms with E-state index >= 15 is 0 Å². The molecule has 1 amide bonds. The first-order chi connectivity index (χ1) is 9.16. The Labute approximate surface area is 112 Å². The fourth-order valence-corrected chi connectivity index (χ4v) is 1.58. The molecule has 0 fully saturated rings. The normalized spacial score (nSPS) is 14.2. The van der Waals surface area contributed by atoms with E-state index in [0.29, 0.717) is 6.07 Å². The summed E-state index contributed by atoms with van der Waals surface area (Å²) < 4.78 is 38.3. The molecule has 8 heteroatoms. The van der Waals surface area contributed by atoms with Gasteiger partial charge in [-0.3, -0.25) is 4.79 Å². The number of hydrogen-bond donors (Lipinski definition) is 3. The Kier molecular flexibility index (Phi) is 4.57. The fraction of sp³-hybridized carbons (Fsp3) is 0.333. The van der Waals surface area contributed by atoms with E-state index in [4.69, 9.17) is 11.0 Å². The molecule has 0 saturated carbocycles. The lowest BCUT2D eigenvalue weighted by molar-refractivity contribution is -0.137. The molecule has 0 radical (unpaired) electrons. The second kappa shape index (κ2) is 5.79. The number of anilines is 1. The first-order valence-corrected chi connectivity index (χ1v) is 5.52. The maximum absolute atomic E-state index is 12.8. The molecule has 108 valence electrons. The Morgan fingerprint density at radius 1 is 1.50 bits per heavy atom. The maximum atomic E-state index is 12.8. The molecule has 4 N–H and O–H groups in total. The Balaban J connectivity index is 3.16. The van der Waals surface area contributed by atoms with E-state index in [2.05, 4.69) is 5.32 Å². The maximum Gasteiger partial charge on any atom is 0.417 e. The quantitative estimate of drug-likeness (QED) is 0.775. The van der Waals surface area contributed by atoms with Crippen molar-refractivity contribution < 1.29 is 23.1 Å². The number of nitrogens with one attached hydrogen (secondary N) is 1. The molecule has 0 aliphatic carbocycles. The number of carbonyl (C=O) groups is 1. The lowest BCUT2D eigenvalue weighted by Crippen LogP contribution is -2.43. The van der Waals surface area contributed by atoms with E-state index in [9.17, 15) is 23.1 Å². The zero-order valence-corrected chi connectivity index (χ0v) is 10.4. The van der Waals surface area contributed by atoms with Gasteiger partial charge in [0.25, 0.3) is 0 Å². The van der Waals surface area contributed by atoms with Gasteiger partial charge in [-0.25, -0.2) is 0 Å². The zero-order chi connectivity index (χ0) is 15.5. The van der Waals surface area contributed by atoms with Crippen molar-refractivity contribution in [1.82, 2.24) is 0 Å². The third kappa shape index (κ3) is 3.61. The molecule has 5 nitrogen and oxygen atoms in total. The first-order valence-electron chi connectivity index (χ1n) is 5.52. The van der Waals surface area contributed by atoms with Gasteiger partial charge >= 0.3 is 6.18 Å². The Morgan fingerprint density at radius 2 is 2.10 bits per heavy atom. The monoisotopic (exact) mass is 287 g/mol. The van der Waals surface area contributed by atoms with Crippen LogP contribution in [0.15, 0.2) is 18.2 Å². The van der Waals surface area contributed by atoms with E-state index in [-0.39, 0.29) is 5.69 Å². The molecule has 0 aromatic heterocycles. The number of halogens is 3. The molecule has 2 atom stereocenters. The molecule has 1 aromatic carbocycles. The van der Waals surface area contributed by atoms with Crippen LogP contribution in [0, 0.1) is 11.3 Å². The Hall–Kier alpha value is -2.27. The van der Waals surface area contributed by atoms with Crippen molar-refractivity contribution in [2.45, 2.75) is 25.2 Å². The lowest BCUT2D eigenvalue weighted by atomic mass is 10.1. The highest BCUT2D eigenvalue weighted by Gasteiger charge is 2.34. The summed E-state index contributed by atoms with van der Waals surface area (Å²) in [6.07, 6.45) is -5.88. The summed E-state index contributed by atoms with van der Waals surface area (Å²) in [5.41, 5.74) is 3.30. The summed E-state index contributed by atoms with van der Waals surface area (Å²) in [5, 5.41) is 20.4. The van der Waals surface area contributed by atoms with Gasteiger partial charge in [-0.05, 0) is 25.1 Å². The van der Waals surface area contributed by atoms with Crippen LogP contribution in [0.5, 0.6) is 0 Å². The number of aliphatic hydroxyl groups excluding tert-OH is 1. The molecule has 0 bridgehead atoms. The number of amides is 1. The fourth-order valence-electron chi connectivity index (χ4n) is 1.58. The van der Waals surface area contributed by atoms with Crippen molar-refractivity contribution in [2.24, 2.45) is 5.73 Å². The van der Waals surface area contributed by atoms with E-state index < -0.39 is 35.4 Å². The Bertz CT molecular complexity index is 550. The van der Waals surface area contributed by atoms with Gasteiger partial charge in [0, 0.05) is 5.69 Å². The average Bonchev–Trinajstić information content (AvgIpc) is 2.33. The average molecular weight is 287 g/mol. The minimum Gasteiger partial charge on any atom is -0.391 e. The number of aliphatic hydroxyl groups is 1. The molecular formula is C12H12F3N3O2. The van der Waals surface area contributed by atoms with Crippen LogP contribution in [-0.4, -0.2) is 23.2 Å². The summed E-state index contributed by atoms with van der Waals surface area (Å²) in [6, 6.07) is 3.08. The summed E-state index contributed by atoms with van der Waals surface area (Å²) in [4.78, 5) is 11.1. The van der Waals surface area contributed by atoms with E-state index in [1.165, 1.54) is 19.1 Å². The van der Waals surface area contributed by atoms with Crippen molar-refractivity contribution in [3.8, 4) is 6.07 Å². The van der Waals surface area contributed by atoms with Crippen LogP contribution in [0.1, 0.15) is 18.1 Å². The molecule has 0 heterocycles. The lowest BCUT2D eigenvalue weighted by Gasteiger charge is -2.20. The summed E-state index contributed by atoms with van der Waals surface area (Å²) in [6.45, 7) is 1.27. The van der Waals surface area contributed by atoms with Crippen LogP contribution in [0.3, 0.4) is 0 Å². The third-order valence-corrected chi connectivity index (χ3v) is 2.56. The standard InChI is InChI=1S/C12H12F3N3O2/c1-6(19)10(11(17)20)18-8-3-2-7(5-16)9(4-8)12(13,14)15/h2-4,6,10,18-19H,1H3,(H2,17,20)/t6-,10-/m1/s1. The largest absolute Gasteiger partial charge is 0.417 e. The number of benzene rings is 1. The van der Waals surface area contributed by atoms with Gasteiger partial charge in [-0.1, -0.05) is 0 Å². The van der Waals surface area contributed by atoms with Crippen LogP contribution in [0.4, 0.5) is 18.9 Å². The summed E-state index contributed by atoms with van der Waals surface area (Å²) >= 11 is 0. The zero-order valence-electron chi connectivity index (χ0n) is 10.4. The van der Waals surface area contributed by atoms with Gasteiger partial charge < -0.3 is 16.2 Å². The molecule has 0 saturated heterocycles. The van der Waals surface area contributed by atoms with Crippen molar-refractivity contribution in [1.29, 1.82) is 5.26 Å². The van der Waals surface area contributed by atoms with Crippen LogP contribution in [0.25, 0.3) is 0 Å². The Morgan fingerprint density at radius 3 is 2.50 bits per heavy atom. The second-order valence-electron chi connectivity index (χ2n) is 4.13. The number of nitrogens with two attached hydrogens (primary N) is 1. The highest BCUT2D eigenvalue weighted by atomic mass is 19.4. The number of alkyl halides is 3. The topological polar surface area (TPSA) is 99.1 Å². The predicted octanol–water partition coefficient (Wildman–Crippen LogP) is 1.22. The first kappa shape index (κ1) is 15.8. The molecule has 0 aliphatic heterocycles. The summed E-state index contributed by atoms with van der Waals surface area (Å²) in [5.74, 6) is -0.905. The van der Waals surface area contributed by atoms with E-state index in [1.54, 1.807) is 0 Å². The smallest absolute Gasteiger partial charge is 0.391 e. The van der Waals surface area contributed by atoms with Gasteiger partial charge in [-0.15, -0.1) is 0 Å². The SMILES string of the molecule is C[C@@H](O)[C@@H](Nc1ccc(C#N)c(C(F)(F)F)c1)C(N)=O. The van der Waals surface area contributed by atoms with Gasteiger partial charge in [0.15, 0.2) is 0 Å². The van der Waals surface area contributed by atoms with Crippen LogP contribution in [-0.2, 0) is 11.0 Å². The number of carbonyl (C=O) groups excluding carboxylic acids is 1. The van der Waals surface area contributed by atoms with Crippen molar-refractivity contribution >= 4 is 11.6 Å². The van der Waals surface area contributed by atoms with Gasteiger partial charge in [-0.2, -0.15) is 18.4 Å². The van der Waals surface area contributed by atoms with Crippen molar-refractivity contribution in [3.63, 3.8) is 0 Å². The number of nitriles is 1. The number of primary amides is 1.